The summed E-state index contributed by atoms with van der Waals surface area (Å²) in [5, 5.41) is 2.44. The van der Waals surface area contributed by atoms with Crippen molar-refractivity contribution in [3.63, 3.8) is 0 Å². The fraction of sp³-hybridized carbons (Fsp3) is 0.750. The van der Waals surface area contributed by atoms with Crippen molar-refractivity contribution in [3.8, 4) is 0 Å². The predicted molar refractivity (Wildman–Crippen MR) is 63.9 cm³/mol. The minimum Gasteiger partial charge on any atom is -0.445 e. The lowest BCUT2D eigenvalue weighted by atomic mass is 9.93. The van der Waals surface area contributed by atoms with E-state index in [1.165, 1.54) is 7.05 Å². The highest BCUT2D eigenvalue weighted by Crippen LogP contribution is 2.42. The zero-order chi connectivity index (χ0) is 13.2. The van der Waals surface area contributed by atoms with E-state index in [2.05, 4.69) is 10.2 Å². The molecule has 6 heteroatoms. The van der Waals surface area contributed by atoms with Gasteiger partial charge in [0.15, 0.2) is 0 Å². The number of ether oxygens (including phenoxy) is 2. The summed E-state index contributed by atoms with van der Waals surface area (Å²) in [5.74, 6) is 0. The van der Waals surface area contributed by atoms with Gasteiger partial charge in [-0.05, 0) is 12.0 Å². The summed E-state index contributed by atoms with van der Waals surface area (Å²) in [5.41, 5.74) is 0.566. The number of rotatable bonds is 3. The maximum Gasteiger partial charge on any atom is 0.407 e. The second kappa shape index (κ2) is 5.24. The van der Waals surface area contributed by atoms with E-state index in [4.69, 9.17) is 9.47 Å². The molecule has 1 N–H and O–H groups in total. The molecule has 2 fully saturated rings. The Morgan fingerprint density at radius 3 is 3.11 bits per heavy atom. The monoisotopic (exact) mass is 258 g/mol. The minimum absolute atomic E-state index is 0.152. The van der Waals surface area contributed by atoms with Crippen LogP contribution in [0.3, 0.4) is 0 Å². The van der Waals surface area contributed by atoms with Crippen LogP contribution < -0.4 is 5.32 Å². The molecule has 0 radical (unpaired) electrons. The van der Waals surface area contributed by atoms with Gasteiger partial charge in [0.1, 0.15) is 6.10 Å². The highest BCUT2D eigenvalue weighted by Gasteiger charge is 2.51. The van der Waals surface area contributed by atoms with Crippen LogP contribution in [0.1, 0.15) is 12.8 Å². The highest BCUT2D eigenvalue weighted by atomic mass is 19.1. The normalized spacial score (nSPS) is 33.7. The van der Waals surface area contributed by atoms with E-state index in [0.29, 0.717) is 38.9 Å². The number of hydrogen-bond donors (Lipinski definition) is 1. The molecule has 0 saturated carbocycles. The first-order valence-corrected chi connectivity index (χ1v) is 6.04. The Hall–Kier alpha value is -1.14. The van der Waals surface area contributed by atoms with Gasteiger partial charge in [0, 0.05) is 33.7 Å². The maximum absolute atomic E-state index is 12.7. The molecular weight excluding hydrogens is 239 g/mol. The van der Waals surface area contributed by atoms with Gasteiger partial charge in [-0.15, -0.1) is 0 Å². The van der Waals surface area contributed by atoms with Gasteiger partial charge in [0.05, 0.1) is 18.5 Å². The average molecular weight is 258 g/mol. The van der Waals surface area contributed by atoms with Crippen LogP contribution in [0.5, 0.6) is 0 Å². The first-order chi connectivity index (χ1) is 8.63. The third-order valence-corrected chi connectivity index (χ3v) is 3.70. The van der Waals surface area contributed by atoms with Crippen LogP contribution >= 0.6 is 0 Å². The Balaban J connectivity index is 2.05. The summed E-state index contributed by atoms with van der Waals surface area (Å²) in [7, 11) is 3.17. The molecule has 2 heterocycles. The molecule has 0 aliphatic carbocycles. The number of amides is 1. The standard InChI is InChI=1S/C12H19FN2O3/c1-14-11(16)18-10-4-12(8-17-2)3-9(5-13)6-15(12)7-10/h5,10H,3-4,6-8H2,1-2H3,(H,14,16)/b9-5-/t10-,12+/m0/s1. The number of nitrogens with zero attached hydrogens (tertiary/aromatic N) is 1. The smallest absolute Gasteiger partial charge is 0.407 e. The van der Waals surface area contributed by atoms with E-state index in [-0.39, 0.29) is 11.6 Å². The van der Waals surface area contributed by atoms with Gasteiger partial charge in [0.2, 0.25) is 0 Å². The summed E-state index contributed by atoms with van der Waals surface area (Å²) in [6.07, 6.45) is 1.44. The zero-order valence-corrected chi connectivity index (χ0v) is 10.7. The average Bonchev–Trinajstić information content (AvgIpc) is 2.82. The molecule has 2 aliphatic rings. The van der Waals surface area contributed by atoms with Gasteiger partial charge in [0.25, 0.3) is 0 Å². The first kappa shape index (κ1) is 13.3. The van der Waals surface area contributed by atoms with E-state index in [1.54, 1.807) is 7.11 Å². The van der Waals surface area contributed by atoms with E-state index in [1.807, 2.05) is 0 Å². The van der Waals surface area contributed by atoms with Crippen molar-refractivity contribution in [2.24, 2.45) is 0 Å². The van der Waals surface area contributed by atoms with E-state index >= 15 is 0 Å². The lowest BCUT2D eigenvalue weighted by Gasteiger charge is -2.29. The number of fused-ring (bicyclic) bond motifs is 1. The first-order valence-electron chi connectivity index (χ1n) is 6.04. The number of hydrogen-bond acceptors (Lipinski definition) is 4. The Morgan fingerprint density at radius 2 is 2.50 bits per heavy atom. The van der Waals surface area contributed by atoms with Crippen molar-refractivity contribution in [1.82, 2.24) is 10.2 Å². The van der Waals surface area contributed by atoms with Crippen LogP contribution in [0.4, 0.5) is 9.18 Å². The SMILES string of the molecule is CNC(=O)O[C@@H]1CN2C/C(=C\F)C[C@]2(COC)C1. The lowest BCUT2D eigenvalue weighted by molar-refractivity contribution is 0.0639. The summed E-state index contributed by atoms with van der Waals surface area (Å²) in [6.45, 7) is 1.75. The maximum atomic E-state index is 12.7. The van der Waals surface area contributed by atoms with Gasteiger partial charge >= 0.3 is 6.09 Å². The Labute approximate surface area is 106 Å². The second-order valence-corrected chi connectivity index (χ2v) is 4.96. The molecular formula is C12H19FN2O3. The molecule has 102 valence electrons. The van der Waals surface area contributed by atoms with Crippen LogP contribution in [0.2, 0.25) is 0 Å². The van der Waals surface area contributed by atoms with Crippen molar-refractivity contribution in [1.29, 1.82) is 0 Å². The molecule has 2 aliphatic heterocycles. The van der Waals surface area contributed by atoms with Gasteiger partial charge in [-0.1, -0.05) is 0 Å². The number of nitrogens with one attached hydrogen (secondary N) is 1. The van der Waals surface area contributed by atoms with Gasteiger partial charge in [-0.2, -0.15) is 0 Å². The van der Waals surface area contributed by atoms with Gasteiger partial charge in [-0.3, -0.25) is 4.90 Å². The zero-order valence-electron chi connectivity index (χ0n) is 10.7. The Morgan fingerprint density at radius 1 is 1.72 bits per heavy atom. The molecule has 1 amide bonds. The summed E-state index contributed by atoms with van der Waals surface area (Å²) < 4.78 is 23.2. The lowest BCUT2D eigenvalue weighted by Crippen LogP contribution is -2.42. The molecule has 0 aromatic rings. The molecule has 0 aromatic heterocycles. The second-order valence-electron chi connectivity index (χ2n) is 4.96. The molecule has 0 unspecified atom stereocenters. The molecule has 0 bridgehead atoms. The molecule has 5 nitrogen and oxygen atoms in total. The molecule has 2 rings (SSSR count). The van der Waals surface area contributed by atoms with Crippen molar-refractivity contribution in [3.05, 3.63) is 11.9 Å². The van der Waals surface area contributed by atoms with Crippen LogP contribution in [0.15, 0.2) is 11.9 Å². The number of halogens is 1. The van der Waals surface area contributed by atoms with E-state index < -0.39 is 6.09 Å². The van der Waals surface area contributed by atoms with Crippen molar-refractivity contribution in [2.45, 2.75) is 24.5 Å². The predicted octanol–water partition coefficient (Wildman–Crippen LogP) is 1.06. The number of carbonyl (C=O) groups is 1. The topological polar surface area (TPSA) is 50.8 Å². The summed E-state index contributed by atoms with van der Waals surface area (Å²) >= 11 is 0. The summed E-state index contributed by atoms with van der Waals surface area (Å²) in [4.78, 5) is 13.4. The van der Waals surface area contributed by atoms with Crippen LogP contribution in [0.25, 0.3) is 0 Å². The van der Waals surface area contributed by atoms with Crippen molar-refractivity contribution < 1.29 is 18.7 Å². The summed E-state index contributed by atoms with van der Waals surface area (Å²) in [6, 6.07) is 0. The minimum atomic E-state index is -0.421. The van der Waals surface area contributed by atoms with E-state index in [9.17, 15) is 9.18 Å². The molecule has 2 saturated heterocycles. The fourth-order valence-corrected chi connectivity index (χ4v) is 3.03. The highest BCUT2D eigenvalue weighted by molar-refractivity contribution is 5.66. The van der Waals surface area contributed by atoms with E-state index in [0.717, 1.165) is 5.57 Å². The molecule has 2 atom stereocenters. The Kier molecular flexibility index (Phi) is 3.87. The quantitative estimate of drug-likeness (QED) is 0.822. The number of carbonyl (C=O) groups excluding carboxylic acids is 1. The third-order valence-electron chi connectivity index (χ3n) is 3.70. The fourth-order valence-electron chi connectivity index (χ4n) is 3.03. The largest absolute Gasteiger partial charge is 0.445 e. The number of alkyl carbamates (subject to hydrolysis) is 1. The van der Waals surface area contributed by atoms with Crippen LogP contribution in [-0.4, -0.2) is 56.5 Å². The Bertz CT molecular complexity index is 361. The van der Waals surface area contributed by atoms with Crippen LogP contribution in [-0.2, 0) is 9.47 Å². The number of methoxy groups -OCH3 is 1. The third kappa shape index (κ3) is 2.35. The molecule has 18 heavy (non-hydrogen) atoms. The van der Waals surface area contributed by atoms with Crippen molar-refractivity contribution in [2.75, 3.05) is 33.9 Å². The van der Waals surface area contributed by atoms with Gasteiger partial charge in [-0.25, -0.2) is 9.18 Å². The molecule has 0 spiro atoms. The van der Waals surface area contributed by atoms with Gasteiger partial charge < -0.3 is 14.8 Å². The molecule has 0 aromatic carbocycles. The van der Waals surface area contributed by atoms with Crippen LogP contribution in [0, 0.1) is 0 Å². The van der Waals surface area contributed by atoms with Crippen molar-refractivity contribution >= 4 is 6.09 Å².